The molecule has 8 nitrogen and oxygen atoms in total. The number of benzene rings is 2. The Kier molecular flexibility index (Phi) is 8.53. The van der Waals surface area contributed by atoms with Gasteiger partial charge >= 0.3 is 5.97 Å². The van der Waals surface area contributed by atoms with Crippen molar-refractivity contribution in [2.45, 2.75) is 58.0 Å². The van der Waals surface area contributed by atoms with Gasteiger partial charge in [0.1, 0.15) is 11.5 Å². The topological polar surface area (TPSA) is 92.3 Å². The quantitative estimate of drug-likeness (QED) is 0.426. The van der Waals surface area contributed by atoms with Gasteiger partial charge in [0.15, 0.2) is 17.3 Å². The molecule has 1 aliphatic heterocycles. The van der Waals surface area contributed by atoms with Crippen LogP contribution in [-0.2, 0) is 14.3 Å². The normalized spacial score (nSPS) is 19.6. The smallest absolute Gasteiger partial charge is 0.337 e. The van der Waals surface area contributed by atoms with E-state index in [4.69, 9.17) is 23.7 Å². The van der Waals surface area contributed by atoms with Crippen LogP contribution in [0.2, 0.25) is 0 Å². The van der Waals surface area contributed by atoms with E-state index < -0.39 is 11.9 Å². The number of esters is 1. The highest BCUT2D eigenvalue weighted by Gasteiger charge is 2.43. The predicted octanol–water partition coefficient (Wildman–Crippen LogP) is 5.42. The second-order valence-electron chi connectivity index (χ2n) is 9.86. The maximum atomic E-state index is 14.0. The van der Waals surface area contributed by atoms with Crippen LogP contribution in [0.25, 0.3) is 0 Å². The molecular weight excluding hydrogens is 498 g/mol. The molecule has 0 bridgehead atoms. The van der Waals surface area contributed by atoms with Crippen molar-refractivity contribution in [2.75, 3.05) is 28.4 Å². The summed E-state index contributed by atoms with van der Waals surface area (Å²) in [4.78, 5) is 27.5. The molecule has 0 radical (unpaired) electrons. The minimum absolute atomic E-state index is 0.0419. The highest BCUT2D eigenvalue weighted by Crippen LogP contribution is 2.49. The van der Waals surface area contributed by atoms with Gasteiger partial charge in [-0.15, -0.1) is 0 Å². The van der Waals surface area contributed by atoms with Crippen molar-refractivity contribution in [1.82, 2.24) is 5.32 Å². The van der Waals surface area contributed by atoms with Crippen molar-refractivity contribution in [3.05, 3.63) is 70.1 Å². The van der Waals surface area contributed by atoms with Crippen LogP contribution in [-0.4, -0.2) is 46.3 Å². The van der Waals surface area contributed by atoms with Crippen LogP contribution in [0.15, 0.2) is 58.9 Å². The molecule has 0 saturated heterocycles. The fourth-order valence-electron chi connectivity index (χ4n) is 5.36. The van der Waals surface area contributed by atoms with Crippen LogP contribution >= 0.6 is 0 Å². The number of Topliss-reactive ketones (excluding diaryl/α,β-unsaturated/α-hetero) is 1. The average molecular weight is 536 g/mol. The highest BCUT2D eigenvalue weighted by molar-refractivity contribution is 6.04. The molecule has 208 valence electrons. The summed E-state index contributed by atoms with van der Waals surface area (Å²) in [7, 11) is 6.34. The lowest BCUT2D eigenvalue weighted by Crippen LogP contribution is -2.36. The van der Waals surface area contributed by atoms with Crippen molar-refractivity contribution < 1.29 is 33.3 Å². The van der Waals surface area contributed by atoms with E-state index in [9.17, 15) is 9.59 Å². The molecule has 0 spiro atoms. The molecule has 2 aliphatic rings. The predicted molar refractivity (Wildman–Crippen MR) is 148 cm³/mol. The van der Waals surface area contributed by atoms with Gasteiger partial charge < -0.3 is 29.0 Å². The Bertz CT molecular complexity index is 1330. The summed E-state index contributed by atoms with van der Waals surface area (Å²) in [5, 5.41) is 3.40. The number of ether oxygens (including phenoxy) is 5. The zero-order chi connectivity index (χ0) is 28.3. The number of carbonyl (C=O) groups excluding carboxylic acids is 2. The van der Waals surface area contributed by atoms with Crippen molar-refractivity contribution in [3.63, 3.8) is 0 Å². The summed E-state index contributed by atoms with van der Waals surface area (Å²) in [6.45, 7) is 5.66. The molecule has 0 amide bonds. The Morgan fingerprint density at radius 1 is 0.949 bits per heavy atom. The number of rotatable bonds is 9. The lowest BCUT2D eigenvalue weighted by atomic mass is 9.71. The van der Waals surface area contributed by atoms with E-state index in [1.807, 2.05) is 45.0 Å². The van der Waals surface area contributed by atoms with Gasteiger partial charge in [-0.3, -0.25) is 4.79 Å². The van der Waals surface area contributed by atoms with Gasteiger partial charge in [0.2, 0.25) is 0 Å². The minimum Gasteiger partial charge on any atom is -0.497 e. The number of allylic oxidation sites excluding steroid dienone is 3. The first-order valence-corrected chi connectivity index (χ1v) is 13.1. The maximum Gasteiger partial charge on any atom is 0.337 e. The number of hydrogen-bond donors (Lipinski definition) is 1. The zero-order valence-corrected chi connectivity index (χ0v) is 23.7. The van der Waals surface area contributed by atoms with Gasteiger partial charge in [-0.25, -0.2) is 4.79 Å². The van der Waals surface area contributed by atoms with Crippen LogP contribution in [0.4, 0.5) is 0 Å². The van der Waals surface area contributed by atoms with E-state index in [1.54, 1.807) is 40.6 Å². The average Bonchev–Trinajstić information content (AvgIpc) is 2.95. The molecule has 2 aromatic carbocycles. The SMILES string of the molecule is CC[C@H](C)OC(=O)C1=C(C)NC2=C(C(=O)C[C@@H](c3ccc(OC)c(OC)c3)C2)[C@@H]1c1cc(OC)ccc1OC. The third-order valence-electron chi connectivity index (χ3n) is 7.56. The molecule has 2 aromatic rings. The lowest BCUT2D eigenvalue weighted by molar-refractivity contribution is -0.144. The van der Waals surface area contributed by atoms with Crippen molar-refractivity contribution >= 4 is 11.8 Å². The Morgan fingerprint density at radius 2 is 1.64 bits per heavy atom. The Hall–Kier alpha value is -3.94. The molecule has 0 saturated carbocycles. The number of nitrogens with one attached hydrogen (secondary N) is 1. The number of dihydropyridines is 1. The summed E-state index contributed by atoms with van der Waals surface area (Å²) in [6.07, 6.45) is 1.28. The summed E-state index contributed by atoms with van der Waals surface area (Å²) < 4.78 is 27.9. The fourth-order valence-corrected chi connectivity index (χ4v) is 5.36. The fraction of sp³-hybridized carbons (Fsp3) is 0.419. The molecule has 39 heavy (non-hydrogen) atoms. The van der Waals surface area contributed by atoms with E-state index in [2.05, 4.69) is 5.32 Å². The van der Waals surface area contributed by atoms with Gasteiger partial charge in [0.25, 0.3) is 0 Å². The van der Waals surface area contributed by atoms with Crippen LogP contribution in [0, 0.1) is 0 Å². The number of carbonyl (C=O) groups is 2. The molecule has 0 unspecified atom stereocenters. The van der Waals surface area contributed by atoms with E-state index >= 15 is 0 Å². The maximum absolute atomic E-state index is 14.0. The summed E-state index contributed by atoms with van der Waals surface area (Å²) in [6, 6.07) is 11.2. The summed E-state index contributed by atoms with van der Waals surface area (Å²) in [5.41, 5.74) is 4.06. The molecule has 1 aliphatic carbocycles. The zero-order valence-electron chi connectivity index (χ0n) is 23.7. The first-order chi connectivity index (χ1) is 18.8. The number of ketones is 1. The third kappa shape index (κ3) is 5.46. The molecule has 1 N–H and O–H groups in total. The number of methoxy groups -OCH3 is 4. The minimum atomic E-state index is -0.665. The number of hydrogen-bond acceptors (Lipinski definition) is 8. The second-order valence-corrected chi connectivity index (χ2v) is 9.86. The van der Waals surface area contributed by atoms with E-state index in [-0.39, 0.29) is 24.2 Å². The molecule has 0 aromatic heterocycles. The van der Waals surface area contributed by atoms with E-state index in [0.717, 1.165) is 11.3 Å². The van der Waals surface area contributed by atoms with Crippen molar-refractivity contribution in [2.24, 2.45) is 0 Å². The van der Waals surface area contributed by atoms with Gasteiger partial charge in [-0.1, -0.05) is 13.0 Å². The lowest BCUT2D eigenvalue weighted by Gasteiger charge is -2.37. The van der Waals surface area contributed by atoms with Gasteiger partial charge in [-0.05, 0) is 68.5 Å². The molecule has 3 atom stereocenters. The Balaban J connectivity index is 1.83. The third-order valence-corrected chi connectivity index (χ3v) is 7.56. The van der Waals surface area contributed by atoms with Crippen molar-refractivity contribution in [3.8, 4) is 23.0 Å². The first kappa shape index (κ1) is 28.1. The molecule has 0 fully saturated rings. The van der Waals surface area contributed by atoms with Crippen LogP contribution in [0.3, 0.4) is 0 Å². The van der Waals surface area contributed by atoms with Crippen LogP contribution < -0.4 is 24.3 Å². The standard InChI is InChI=1S/C31H37NO7/c1-8-17(2)39-31(34)28-18(3)32-23-13-20(19-9-11-26(37-6)27(15-19)38-7)14-24(33)30(23)29(28)22-16-21(35-4)10-12-25(22)36-5/h9-12,15-17,20,29,32H,8,13-14H2,1-7H3/t17-,20-,29+/m0/s1. The van der Waals surface area contributed by atoms with Crippen molar-refractivity contribution in [1.29, 1.82) is 0 Å². The van der Waals surface area contributed by atoms with Gasteiger partial charge in [-0.2, -0.15) is 0 Å². The molecular formula is C31H37NO7. The van der Waals surface area contributed by atoms with Gasteiger partial charge in [0, 0.05) is 29.0 Å². The van der Waals surface area contributed by atoms with E-state index in [1.165, 1.54) is 0 Å². The Labute approximate surface area is 229 Å². The largest absolute Gasteiger partial charge is 0.497 e. The monoisotopic (exact) mass is 535 g/mol. The van der Waals surface area contributed by atoms with E-state index in [0.29, 0.717) is 58.2 Å². The highest BCUT2D eigenvalue weighted by atomic mass is 16.5. The Morgan fingerprint density at radius 3 is 2.28 bits per heavy atom. The van der Waals surface area contributed by atoms with Crippen LogP contribution in [0.5, 0.6) is 23.0 Å². The molecule has 8 heteroatoms. The summed E-state index contributed by atoms with van der Waals surface area (Å²) in [5.74, 6) is 1.18. The van der Waals surface area contributed by atoms with Gasteiger partial charge in [0.05, 0.1) is 46.0 Å². The molecule has 1 heterocycles. The molecule has 4 rings (SSSR count). The first-order valence-electron chi connectivity index (χ1n) is 13.1. The second kappa shape index (κ2) is 11.8. The van der Waals surface area contributed by atoms with Crippen LogP contribution in [0.1, 0.15) is 63.0 Å². The summed E-state index contributed by atoms with van der Waals surface area (Å²) >= 11 is 0.